The van der Waals surface area contributed by atoms with Crippen molar-refractivity contribution >= 4 is 0 Å². The summed E-state index contributed by atoms with van der Waals surface area (Å²) in [6.07, 6.45) is 1.11. The van der Waals surface area contributed by atoms with Gasteiger partial charge in [0.2, 0.25) is 0 Å². The van der Waals surface area contributed by atoms with Crippen molar-refractivity contribution < 1.29 is 13.2 Å². The molecule has 2 aromatic carbocycles. The van der Waals surface area contributed by atoms with Crippen LogP contribution in [-0.4, -0.2) is 30.7 Å². The molecule has 3 rings (SSSR count). The van der Waals surface area contributed by atoms with Crippen LogP contribution in [0.3, 0.4) is 0 Å². The number of nitrogens with zero attached hydrogens (tertiary/aromatic N) is 1. The fourth-order valence-corrected chi connectivity index (χ4v) is 4.31. The maximum absolute atomic E-state index is 13.0. The van der Waals surface area contributed by atoms with E-state index in [1.54, 1.807) is 0 Å². The summed E-state index contributed by atoms with van der Waals surface area (Å²) in [5, 5.41) is 0. The van der Waals surface area contributed by atoms with Crippen LogP contribution < -0.4 is 0 Å². The third kappa shape index (κ3) is 6.33. The SMILES string of the molecule is CCCN(CCCc1ccc(C2CCC2C(F)(F)F)cc1)CCc1ccccc1. The molecule has 0 bridgehead atoms. The fraction of sp³-hybridized carbons (Fsp3) is 0.520. The molecule has 1 saturated carbocycles. The Hall–Kier alpha value is -1.81. The third-order valence-corrected chi connectivity index (χ3v) is 6.14. The predicted octanol–water partition coefficient (Wildman–Crippen LogP) is 6.63. The molecule has 0 radical (unpaired) electrons. The Labute approximate surface area is 172 Å². The molecule has 0 spiro atoms. The van der Waals surface area contributed by atoms with Crippen LogP contribution in [0.4, 0.5) is 13.2 Å². The number of hydrogen-bond donors (Lipinski definition) is 0. The smallest absolute Gasteiger partial charge is 0.303 e. The van der Waals surface area contributed by atoms with Crippen LogP contribution >= 0.6 is 0 Å². The van der Waals surface area contributed by atoms with Crippen LogP contribution in [0, 0.1) is 5.92 Å². The molecule has 2 aromatic rings. The maximum atomic E-state index is 13.0. The molecule has 1 fully saturated rings. The lowest BCUT2D eigenvalue weighted by Crippen LogP contribution is -2.36. The van der Waals surface area contributed by atoms with E-state index in [2.05, 4.69) is 36.1 Å². The highest BCUT2D eigenvalue weighted by molar-refractivity contribution is 5.28. The van der Waals surface area contributed by atoms with E-state index in [0.717, 1.165) is 50.9 Å². The molecule has 158 valence electrons. The van der Waals surface area contributed by atoms with Gasteiger partial charge in [-0.3, -0.25) is 0 Å². The summed E-state index contributed by atoms with van der Waals surface area (Å²) < 4.78 is 39.0. The summed E-state index contributed by atoms with van der Waals surface area (Å²) in [4.78, 5) is 2.52. The first-order valence-electron chi connectivity index (χ1n) is 10.9. The average molecular weight is 404 g/mol. The molecule has 1 nitrogen and oxygen atoms in total. The van der Waals surface area contributed by atoms with E-state index in [1.165, 1.54) is 11.1 Å². The third-order valence-electron chi connectivity index (χ3n) is 6.14. The zero-order chi connectivity index (χ0) is 20.7. The molecule has 1 aliphatic rings. The molecule has 0 aliphatic heterocycles. The van der Waals surface area contributed by atoms with Gasteiger partial charge in [0.25, 0.3) is 0 Å². The average Bonchev–Trinajstić information content (AvgIpc) is 2.66. The van der Waals surface area contributed by atoms with Gasteiger partial charge in [0.1, 0.15) is 0 Å². The molecular formula is C25H32F3N. The van der Waals surface area contributed by atoms with Gasteiger partial charge in [0.05, 0.1) is 5.92 Å². The first-order chi connectivity index (χ1) is 14.0. The molecule has 0 N–H and O–H groups in total. The topological polar surface area (TPSA) is 3.24 Å². The second kappa shape index (κ2) is 10.3. The van der Waals surface area contributed by atoms with Crippen LogP contribution in [0.2, 0.25) is 0 Å². The van der Waals surface area contributed by atoms with Crippen molar-refractivity contribution in [2.24, 2.45) is 5.92 Å². The van der Waals surface area contributed by atoms with Crippen LogP contribution in [0.15, 0.2) is 54.6 Å². The first-order valence-corrected chi connectivity index (χ1v) is 10.9. The van der Waals surface area contributed by atoms with E-state index >= 15 is 0 Å². The Balaban J connectivity index is 1.45. The largest absolute Gasteiger partial charge is 0.392 e. The fourth-order valence-electron chi connectivity index (χ4n) is 4.31. The molecule has 2 unspecified atom stereocenters. The Kier molecular flexibility index (Phi) is 7.77. The van der Waals surface area contributed by atoms with E-state index in [1.807, 2.05) is 30.3 Å². The van der Waals surface area contributed by atoms with Crippen molar-refractivity contribution in [3.63, 3.8) is 0 Å². The van der Waals surface area contributed by atoms with Crippen molar-refractivity contribution in [3.05, 3.63) is 71.3 Å². The van der Waals surface area contributed by atoms with Gasteiger partial charge in [-0.2, -0.15) is 13.2 Å². The van der Waals surface area contributed by atoms with E-state index in [0.29, 0.717) is 6.42 Å². The number of hydrogen-bond acceptors (Lipinski definition) is 1. The van der Waals surface area contributed by atoms with Gasteiger partial charge in [-0.1, -0.05) is 61.5 Å². The quantitative estimate of drug-likeness (QED) is 0.430. The lowest BCUT2D eigenvalue weighted by Gasteiger charge is -2.38. The number of rotatable bonds is 10. The molecule has 0 amide bonds. The lowest BCUT2D eigenvalue weighted by molar-refractivity contribution is -0.200. The highest BCUT2D eigenvalue weighted by atomic mass is 19.4. The van der Waals surface area contributed by atoms with Crippen LogP contribution in [0.5, 0.6) is 0 Å². The van der Waals surface area contributed by atoms with Gasteiger partial charge >= 0.3 is 6.18 Å². The molecule has 2 atom stereocenters. The second-order valence-electron chi connectivity index (χ2n) is 8.25. The minimum Gasteiger partial charge on any atom is -0.303 e. The summed E-state index contributed by atoms with van der Waals surface area (Å²) in [7, 11) is 0. The van der Waals surface area contributed by atoms with Crippen molar-refractivity contribution in [1.29, 1.82) is 0 Å². The van der Waals surface area contributed by atoms with Crippen LogP contribution in [0.25, 0.3) is 0 Å². The zero-order valence-electron chi connectivity index (χ0n) is 17.3. The van der Waals surface area contributed by atoms with E-state index < -0.39 is 12.1 Å². The zero-order valence-corrected chi connectivity index (χ0v) is 17.3. The molecule has 4 heteroatoms. The predicted molar refractivity (Wildman–Crippen MR) is 113 cm³/mol. The monoisotopic (exact) mass is 403 g/mol. The second-order valence-corrected chi connectivity index (χ2v) is 8.25. The first kappa shape index (κ1) is 21.9. The summed E-state index contributed by atoms with van der Waals surface area (Å²) in [6, 6.07) is 18.5. The number of benzene rings is 2. The minimum absolute atomic E-state index is 0.270. The lowest BCUT2D eigenvalue weighted by atomic mass is 9.69. The van der Waals surface area contributed by atoms with Crippen molar-refractivity contribution in [3.8, 4) is 0 Å². The Morgan fingerprint density at radius 3 is 2.10 bits per heavy atom. The standard InChI is InChI=1S/C25H32F3N/c1-2-17-29(19-16-20-7-4-3-5-8-20)18-6-9-21-10-12-22(13-11-21)23-14-15-24(23)25(26,27)28/h3-5,7-8,10-13,23-24H,2,6,9,14-19H2,1H3. The Bertz CT molecular complexity index is 724. The summed E-state index contributed by atoms with van der Waals surface area (Å²) in [5.74, 6) is -1.50. The minimum atomic E-state index is -4.07. The van der Waals surface area contributed by atoms with Crippen molar-refractivity contribution in [2.75, 3.05) is 19.6 Å². The van der Waals surface area contributed by atoms with Gasteiger partial charge in [0.15, 0.2) is 0 Å². The molecule has 0 saturated heterocycles. The Morgan fingerprint density at radius 2 is 1.52 bits per heavy atom. The van der Waals surface area contributed by atoms with Gasteiger partial charge in [-0.25, -0.2) is 0 Å². The summed E-state index contributed by atoms with van der Waals surface area (Å²) in [5.41, 5.74) is 3.44. The molecule has 29 heavy (non-hydrogen) atoms. The van der Waals surface area contributed by atoms with Gasteiger partial charge in [-0.05, 0) is 74.2 Å². The van der Waals surface area contributed by atoms with Crippen molar-refractivity contribution in [1.82, 2.24) is 4.90 Å². The van der Waals surface area contributed by atoms with Gasteiger partial charge in [-0.15, -0.1) is 0 Å². The molecular weight excluding hydrogens is 371 g/mol. The van der Waals surface area contributed by atoms with E-state index in [9.17, 15) is 13.2 Å². The van der Waals surface area contributed by atoms with Gasteiger partial charge < -0.3 is 4.90 Å². The Morgan fingerprint density at radius 1 is 0.828 bits per heavy atom. The highest BCUT2D eigenvalue weighted by Crippen LogP contribution is 2.50. The molecule has 0 heterocycles. The van der Waals surface area contributed by atoms with Crippen LogP contribution in [0.1, 0.15) is 55.2 Å². The number of halogens is 3. The molecule has 0 aromatic heterocycles. The highest BCUT2D eigenvalue weighted by Gasteiger charge is 2.50. The van der Waals surface area contributed by atoms with E-state index in [4.69, 9.17) is 0 Å². The summed E-state index contributed by atoms with van der Waals surface area (Å²) >= 11 is 0. The maximum Gasteiger partial charge on any atom is 0.392 e. The van der Waals surface area contributed by atoms with Crippen LogP contribution in [-0.2, 0) is 12.8 Å². The normalized spacial score (nSPS) is 19.3. The number of aryl methyl sites for hydroxylation is 1. The summed E-state index contributed by atoms with van der Waals surface area (Å²) in [6.45, 7) is 5.44. The van der Waals surface area contributed by atoms with Crippen molar-refractivity contribution in [2.45, 2.75) is 57.5 Å². The number of alkyl halides is 3. The van der Waals surface area contributed by atoms with E-state index in [-0.39, 0.29) is 12.3 Å². The van der Waals surface area contributed by atoms with Gasteiger partial charge in [0, 0.05) is 6.54 Å². The molecule has 1 aliphatic carbocycles.